The first-order valence-electron chi connectivity index (χ1n) is 10.7. The van der Waals surface area contributed by atoms with E-state index in [1.54, 1.807) is 4.68 Å². The van der Waals surface area contributed by atoms with Crippen molar-refractivity contribution >= 4 is 16.9 Å². The zero-order chi connectivity index (χ0) is 20.0. The molecule has 1 aliphatic carbocycles. The number of nitrogens with zero attached hydrogens (tertiary/aromatic N) is 5. The molecular weight excluding hydrogens is 350 g/mol. The fourth-order valence-electron chi connectivity index (χ4n) is 4.65. The van der Waals surface area contributed by atoms with E-state index in [0.717, 1.165) is 60.0 Å². The Morgan fingerprint density at radius 1 is 1.25 bits per heavy atom. The van der Waals surface area contributed by atoms with E-state index in [0.29, 0.717) is 12.0 Å². The van der Waals surface area contributed by atoms with Crippen LogP contribution in [0.1, 0.15) is 54.9 Å². The molecule has 1 atom stereocenters. The van der Waals surface area contributed by atoms with Gasteiger partial charge in [0, 0.05) is 45.0 Å². The molecule has 0 unspecified atom stereocenters. The fraction of sp³-hybridized carbons (Fsp3) is 0.682. The van der Waals surface area contributed by atoms with Crippen molar-refractivity contribution in [2.45, 2.75) is 53.0 Å². The summed E-state index contributed by atoms with van der Waals surface area (Å²) in [5.41, 5.74) is 3.29. The van der Waals surface area contributed by atoms with Gasteiger partial charge >= 0.3 is 0 Å². The normalized spacial score (nSPS) is 21.5. The molecule has 2 aromatic rings. The van der Waals surface area contributed by atoms with Gasteiger partial charge < -0.3 is 4.90 Å². The number of pyridine rings is 1. The van der Waals surface area contributed by atoms with Crippen LogP contribution in [0.3, 0.4) is 0 Å². The topological polar surface area (TPSA) is 54.3 Å². The van der Waals surface area contributed by atoms with Crippen molar-refractivity contribution in [3.05, 3.63) is 23.0 Å². The van der Waals surface area contributed by atoms with Gasteiger partial charge in [0.25, 0.3) is 5.91 Å². The average molecular weight is 384 g/mol. The summed E-state index contributed by atoms with van der Waals surface area (Å²) in [4.78, 5) is 23.0. The minimum absolute atomic E-state index is 0.130. The predicted octanol–water partition coefficient (Wildman–Crippen LogP) is 3.17. The molecular formula is C22H33N5O. The van der Waals surface area contributed by atoms with Crippen LogP contribution >= 0.6 is 0 Å². The van der Waals surface area contributed by atoms with E-state index in [1.165, 1.54) is 19.4 Å². The van der Waals surface area contributed by atoms with Crippen molar-refractivity contribution in [2.24, 2.45) is 18.9 Å². The number of hydrogen-bond donors (Lipinski definition) is 0. The average Bonchev–Trinajstić information content (AvgIpc) is 3.43. The number of fused-ring (bicyclic) bond motifs is 1. The van der Waals surface area contributed by atoms with E-state index in [9.17, 15) is 4.79 Å². The molecule has 2 fully saturated rings. The maximum absolute atomic E-state index is 13.6. The molecule has 1 aliphatic heterocycles. The standard InChI is InChI=1S/C22H33N5O/c1-14(2)19-13-27(10-6-9-26(19)12-17-7-8-17)22(28)18-11-15(3)23-21-20(18)16(4)24-25(21)5/h11,14,17,19H,6-10,12-13H2,1-5H3/t19-/m0/s1. The van der Waals surface area contributed by atoms with Gasteiger partial charge in [-0.1, -0.05) is 13.8 Å². The van der Waals surface area contributed by atoms with Gasteiger partial charge in [0.05, 0.1) is 16.6 Å². The lowest BCUT2D eigenvalue weighted by molar-refractivity contribution is 0.0706. The van der Waals surface area contributed by atoms with Crippen LogP contribution in [0.5, 0.6) is 0 Å². The molecule has 1 saturated heterocycles. The van der Waals surface area contributed by atoms with Crippen molar-refractivity contribution in [3.63, 3.8) is 0 Å². The summed E-state index contributed by atoms with van der Waals surface area (Å²) in [6, 6.07) is 2.37. The van der Waals surface area contributed by atoms with Crippen LogP contribution < -0.4 is 0 Å². The van der Waals surface area contributed by atoms with Crippen molar-refractivity contribution in [3.8, 4) is 0 Å². The zero-order valence-corrected chi connectivity index (χ0v) is 17.9. The van der Waals surface area contributed by atoms with E-state index in [1.807, 2.05) is 27.0 Å². The maximum Gasteiger partial charge on any atom is 0.254 e. The van der Waals surface area contributed by atoms with Crippen LogP contribution in [0, 0.1) is 25.7 Å². The van der Waals surface area contributed by atoms with Crippen molar-refractivity contribution < 1.29 is 4.79 Å². The number of hydrogen-bond acceptors (Lipinski definition) is 4. The van der Waals surface area contributed by atoms with Gasteiger partial charge in [0.1, 0.15) is 0 Å². The Balaban J connectivity index is 1.65. The second kappa shape index (κ2) is 7.47. The van der Waals surface area contributed by atoms with E-state index in [4.69, 9.17) is 0 Å². The minimum atomic E-state index is 0.130. The molecule has 28 heavy (non-hydrogen) atoms. The Morgan fingerprint density at radius 3 is 2.68 bits per heavy atom. The zero-order valence-electron chi connectivity index (χ0n) is 17.9. The molecule has 0 N–H and O–H groups in total. The molecule has 152 valence electrons. The Kier molecular flexibility index (Phi) is 5.17. The van der Waals surface area contributed by atoms with E-state index >= 15 is 0 Å². The molecule has 2 aliphatic rings. The molecule has 0 radical (unpaired) electrons. The summed E-state index contributed by atoms with van der Waals surface area (Å²) < 4.78 is 1.78. The van der Waals surface area contributed by atoms with Gasteiger partial charge in [-0.2, -0.15) is 5.10 Å². The molecule has 6 heteroatoms. The van der Waals surface area contributed by atoms with Crippen molar-refractivity contribution in [1.82, 2.24) is 24.6 Å². The highest BCUT2D eigenvalue weighted by atomic mass is 16.2. The summed E-state index contributed by atoms with van der Waals surface area (Å²) in [5, 5.41) is 5.41. The number of aryl methyl sites for hydroxylation is 3. The summed E-state index contributed by atoms with van der Waals surface area (Å²) >= 11 is 0. The number of carbonyl (C=O) groups excluding carboxylic acids is 1. The fourth-order valence-corrected chi connectivity index (χ4v) is 4.65. The maximum atomic E-state index is 13.6. The third-order valence-corrected chi connectivity index (χ3v) is 6.32. The first kappa shape index (κ1) is 19.4. The van der Waals surface area contributed by atoms with Gasteiger partial charge in [-0.3, -0.25) is 14.4 Å². The highest BCUT2D eigenvalue weighted by Crippen LogP contribution is 2.32. The molecule has 3 heterocycles. The Bertz CT molecular complexity index is 883. The minimum Gasteiger partial charge on any atom is -0.337 e. The second-order valence-corrected chi connectivity index (χ2v) is 9.07. The first-order chi connectivity index (χ1) is 13.3. The van der Waals surface area contributed by atoms with Crippen molar-refractivity contribution in [2.75, 3.05) is 26.2 Å². The van der Waals surface area contributed by atoms with Crippen LogP contribution in [-0.2, 0) is 7.05 Å². The quantitative estimate of drug-likeness (QED) is 0.814. The molecule has 4 rings (SSSR count). The molecule has 1 amide bonds. The van der Waals surface area contributed by atoms with Gasteiger partial charge in [-0.05, 0) is 51.0 Å². The molecule has 0 bridgehead atoms. The molecule has 2 aromatic heterocycles. The van der Waals surface area contributed by atoms with E-state index in [2.05, 4.69) is 33.7 Å². The Hall–Kier alpha value is -1.95. The number of amides is 1. The monoisotopic (exact) mass is 383 g/mol. The van der Waals surface area contributed by atoms with Gasteiger partial charge in [-0.25, -0.2) is 4.98 Å². The molecule has 0 spiro atoms. The first-order valence-corrected chi connectivity index (χ1v) is 10.7. The van der Waals surface area contributed by atoms with Crippen LogP contribution in [0.15, 0.2) is 6.07 Å². The third kappa shape index (κ3) is 3.66. The predicted molar refractivity (Wildman–Crippen MR) is 111 cm³/mol. The van der Waals surface area contributed by atoms with E-state index in [-0.39, 0.29) is 5.91 Å². The molecule has 0 aromatic carbocycles. The summed E-state index contributed by atoms with van der Waals surface area (Å²) in [5.74, 6) is 1.54. The largest absolute Gasteiger partial charge is 0.337 e. The summed E-state index contributed by atoms with van der Waals surface area (Å²) in [7, 11) is 1.90. The molecule has 1 saturated carbocycles. The third-order valence-electron chi connectivity index (χ3n) is 6.32. The van der Waals surface area contributed by atoms with Gasteiger partial charge in [-0.15, -0.1) is 0 Å². The summed E-state index contributed by atoms with van der Waals surface area (Å²) in [6.45, 7) is 12.4. The van der Waals surface area contributed by atoms with Crippen LogP contribution in [0.25, 0.3) is 11.0 Å². The highest BCUT2D eigenvalue weighted by molar-refractivity contribution is 6.06. The Labute approximate surface area is 167 Å². The number of rotatable bonds is 4. The highest BCUT2D eigenvalue weighted by Gasteiger charge is 2.34. The van der Waals surface area contributed by atoms with E-state index < -0.39 is 0 Å². The van der Waals surface area contributed by atoms with Crippen LogP contribution in [-0.4, -0.2) is 62.7 Å². The number of carbonyl (C=O) groups is 1. The summed E-state index contributed by atoms with van der Waals surface area (Å²) in [6.07, 6.45) is 3.79. The van der Waals surface area contributed by atoms with Crippen LogP contribution in [0.2, 0.25) is 0 Å². The van der Waals surface area contributed by atoms with Gasteiger partial charge in [0.2, 0.25) is 0 Å². The lowest BCUT2D eigenvalue weighted by Crippen LogP contribution is -2.46. The molecule has 6 nitrogen and oxygen atoms in total. The van der Waals surface area contributed by atoms with Gasteiger partial charge in [0.15, 0.2) is 5.65 Å². The Morgan fingerprint density at radius 2 is 2.00 bits per heavy atom. The SMILES string of the molecule is Cc1cc(C(=O)N2CCCN(CC3CC3)[C@H](C(C)C)C2)c2c(C)nn(C)c2n1. The second-order valence-electron chi connectivity index (χ2n) is 9.07. The number of aromatic nitrogens is 3. The lowest BCUT2D eigenvalue weighted by Gasteiger charge is -2.34. The van der Waals surface area contributed by atoms with Crippen LogP contribution in [0.4, 0.5) is 0 Å². The lowest BCUT2D eigenvalue weighted by atomic mass is 10.0. The van der Waals surface area contributed by atoms with Crippen molar-refractivity contribution in [1.29, 1.82) is 0 Å². The smallest absolute Gasteiger partial charge is 0.254 e.